The Labute approximate surface area is 157 Å². The van der Waals surface area contributed by atoms with Crippen LogP contribution in [0.1, 0.15) is 26.3 Å². The number of hydrogen-bond acceptors (Lipinski definition) is 7. The van der Waals surface area contributed by atoms with Crippen molar-refractivity contribution >= 4 is 35.4 Å². The summed E-state index contributed by atoms with van der Waals surface area (Å²) in [4.78, 5) is 23.9. The predicted octanol–water partition coefficient (Wildman–Crippen LogP) is 3.36. The summed E-state index contributed by atoms with van der Waals surface area (Å²) in [5.41, 5.74) is -0.544. The molecule has 9 heteroatoms. The monoisotopic (exact) mass is 393 g/mol. The molecule has 25 heavy (non-hydrogen) atoms. The first-order chi connectivity index (χ1) is 11.8. The number of alkyl carbamates (subject to hydrolysis) is 1. The zero-order chi connectivity index (χ0) is 19.5. The van der Waals surface area contributed by atoms with Crippen LogP contribution in [0.4, 0.5) is 9.18 Å². The molecule has 0 fully saturated rings. The number of nitrogens with one attached hydrogen (secondary N) is 1. The first kappa shape index (κ1) is 23.4. The van der Waals surface area contributed by atoms with Crippen molar-refractivity contribution in [2.24, 2.45) is 0 Å². The van der Waals surface area contributed by atoms with E-state index in [2.05, 4.69) is 28.6 Å². The highest BCUT2D eigenvalue weighted by atomic mass is 33.1. The molecule has 0 heterocycles. The Kier molecular flexibility index (Phi) is 11.1. The van der Waals surface area contributed by atoms with Crippen molar-refractivity contribution in [2.75, 3.05) is 14.0 Å². The highest BCUT2D eigenvalue weighted by Crippen LogP contribution is 2.19. The topological polar surface area (TPSA) is 73.9 Å². The number of esters is 1. The van der Waals surface area contributed by atoms with Crippen LogP contribution in [0.3, 0.4) is 0 Å². The third-order valence-corrected chi connectivity index (χ3v) is 3.06. The maximum Gasteiger partial charge on any atom is 0.408 e. The van der Waals surface area contributed by atoms with Gasteiger partial charge in [0.25, 0.3) is 0 Å². The Hall–Kier alpha value is -1.61. The summed E-state index contributed by atoms with van der Waals surface area (Å²) in [6.07, 6.45) is -0.831. The number of rotatable bonds is 7. The van der Waals surface area contributed by atoms with Crippen LogP contribution in [0.2, 0.25) is 0 Å². The highest BCUT2D eigenvalue weighted by Gasteiger charge is 2.37. The number of methoxy groups -OCH3 is 1. The largest absolute Gasteiger partial charge is 0.467 e. The normalized spacial score (nSPS) is 12.3. The van der Waals surface area contributed by atoms with Crippen LogP contribution < -0.4 is 10.1 Å². The van der Waals surface area contributed by atoms with Gasteiger partial charge in [0, 0.05) is 6.42 Å². The number of benzene rings is 1. The van der Waals surface area contributed by atoms with Gasteiger partial charge in [-0.05, 0) is 38.5 Å². The molecule has 1 aromatic carbocycles. The van der Waals surface area contributed by atoms with Crippen LogP contribution in [0.5, 0.6) is 5.75 Å². The van der Waals surface area contributed by atoms with Crippen LogP contribution in [0.15, 0.2) is 24.3 Å². The average molecular weight is 394 g/mol. The number of thiol groups is 2. The number of carbonyl (C=O) groups is 2. The van der Waals surface area contributed by atoms with E-state index in [0.29, 0.717) is 5.75 Å². The molecule has 0 unspecified atom stereocenters. The number of carbonyl (C=O) groups excluding carboxylic acids is 2. The van der Waals surface area contributed by atoms with Gasteiger partial charge in [0.15, 0.2) is 0 Å². The molecule has 1 atom stereocenters. The summed E-state index contributed by atoms with van der Waals surface area (Å²) in [5.74, 6) is -0.217. The van der Waals surface area contributed by atoms with E-state index in [0.717, 1.165) is 5.56 Å². The Bertz CT molecular complexity index is 542. The molecule has 1 rings (SSSR count). The molecule has 0 aliphatic heterocycles. The molecule has 0 aromatic heterocycles. The molecule has 1 N–H and O–H groups in total. The maximum absolute atomic E-state index is 12.1. The Morgan fingerprint density at radius 3 is 2.24 bits per heavy atom. The maximum atomic E-state index is 12.1. The van der Waals surface area contributed by atoms with Gasteiger partial charge in [-0.1, -0.05) is 12.1 Å². The third kappa shape index (κ3) is 8.35. The van der Waals surface area contributed by atoms with E-state index in [9.17, 15) is 14.0 Å². The first-order valence-corrected chi connectivity index (χ1v) is 8.95. The van der Waals surface area contributed by atoms with Crippen molar-refractivity contribution in [2.45, 2.75) is 38.8 Å². The van der Waals surface area contributed by atoms with Crippen LogP contribution >= 0.6 is 23.3 Å². The quantitative estimate of drug-likeness (QED) is 0.376. The van der Waals surface area contributed by atoms with Crippen molar-refractivity contribution in [3.8, 4) is 5.75 Å². The zero-order valence-electron chi connectivity index (χ0n) is 14.6. The molecule has 142 valence electrons. The molecule has 1 aromatic rings. The Morgan fingerprint density at radius 2 is 1.80 bits per heavy atom. The number of amides is 1. The zero-order valence-corrected chi connectivity index (χ0v) is 16.4. The van der Waals surface area contributed by atoms with E-state index < -0.39 is 24.5 Å². The van der Waals surface area contributed by atoms with Gasteiger partial charge in [0.05, 0.1) is 13.2 Å². The minimum Gasteiger partial charge on any atom is -0.467 e. The van der Waals surface area contributed by atoms with E-state index in [-0.39, 0.29) is 12.5 Å². The second-order valence-corrected chi connectivity index (χ2v) is 5.48. The molecule has 1 amide bonds. The fourth-order valence-electron chi connectivity index (χ4n) is 2.04. The lowest BCUT2D eigenvalue weighted by Gasteiger charge is -2.28. The molecule has 0 spiro atoms. The van der Waals surface area contributed by atoms with Crippen LogP contribution in [-0.2, 0) is 20.7 Å². The Balaban J connectivity index is 0.00000277. The summed E-state index contributed by atoms with van der Waals surface area (Å²) in [7, 11) is 1.24. The lowest BCUT2D eigenvalue weighted by Crippen LogP contribution is -2.54. The van der Waals surface area contributed by atoms with E-state index >= 15 is 0 Å². The summed E-state index contributed by atoms with van der Waals surface area (Å²) in [6, 6.07) is 6.53. The molecule has 0 aliphatic rings. The van der Waals surface area contributed by atoms with Gasteiger partial charge >= 0.3 is 12.1 Å². The smallest absolute Gasteiger partial charge is 0.408 e. The summed E-state index contributed by atoms with van der Waals surface area (Å²) < 4.78 is 26.6. The second-order valence-electron chi connectivity index (χ2n) is 5.48. The van der Waals surface area contributed by atoms with Gasteiger partial charge in [-0.25, -0.2) is 14.0 Å². The van der Waals surface area contributed by atoms with Crippen LogP contribution in [-0.4, -0.2) is 37.7 Å². The van der Waals surface area contributed by atoms with Gasteiger partial charge in [0.2, 0.25) is 6.86 Å². The molecule has 0 bridgehead atoms. The van der Waals surface area contributed by atoms with Crippen molar-refractivity contribution in [3.63, 3.8) is 0 Å². The number of halogens is 1. The SMILES string of the molecule is COC(=O)[C@@](C)(Cc1ccc(OCF)cc1)NC(=O)OC(C)C.SS. The van der Waals surface area contributed by atoms with E-state index in [1.165, 1.54) is 7.11 Å². The third-order valence-electron chi connectivity index (χ3n) is 3.06. The summed E-state index contributed by atoms with van der Waals surface area (Å²) >= 11 is 6.44. The van der Waals surface area contributed by atoms with E-state index in [1.807, 2.05) is 0 Å². The molecular weight excluding hydrogens is 369 g/mol. The second kappa shape index (κ2) is 11.9. The van der Waals surface area contributed by atoms with Crippen LogP contribution in [0, 0.1) is 0 Å². The number of hydrogen-bond donors (Lipinski definition) is 3. The predicted molar refractivity (Wildman–Crippen MR) is 99.9 cm³/mol. The molecule has 0 saturated carbocycles. The first-order valence-electron chi connectivity index (χ1n) is 7.35. The van der Waals surface area contributed by atoms with Crippen molar-refractivity contribution in [3.05, 3.63) is 29.8 Å². The summed E-state index contributed by atoms with van der Waals surface area (Å²) in [5, 5.41) is 2.54. The highest BCUT2D eigenvalue weighted by molar-refractivity contribution is 8.59. The summed E-state index contributed by atoms with van der Waals surface area (Å²) in [6.45, 7) is 4.05. The average Bonchev–Trinajstić information content (AvgIpc) is 2.57. The van der Waals surface area contributed by atoms with Crippen molar-refractivity contribution in [1.29, 1.82) is 0 Å². The molecule has 6 nitrogen and oxygen atoms in total. The number of alkyl halides is 1. The van der Waals surface area contributed by atoms with Crippen molar-refractivity contribution < 1.29 is 28.2 Å². The lowest BCUT2D eigenvalue weighted by molar-refractivity contribution is -0.147. The lowest BCUT2D eigenvalue weighted by atomic mass is 9.93. The molecule has 0 saturated heterocycles. The Morgan fingerprint density at radius 1 is 1.24 bits per heavy atom. The molecule has 0 aliphatic carbocycles. The van der Waals surface area contributed by atoms with E-state index in [4.69, 9.17) is 14.2 Å². The van der Waals surface area contributed by atoms with Crippen LogP contribution in [0.25, 0.3) is 0 Å². The minimum absolute atomic E-state index is 0.183. The van der Waals surface area contributed by atoms with Gasteiger partial charge in [-0.15, -0.1) is 23.3 Å². The fourth-order valence-corrected chi connectivity index (χ4v) is 2.04. The number of ether oxygens (including phenoxy) is 3. The van der Waals surface area contributed by atoms with Gasteiger partial charge in [-0.3, -0.25) is 0 Å². The van der Waals surface area contributed by atoms with Gasteiger partial charge in [-0.2, -0.15) is 0 Å². The molecule has 0 radical (unpaired) electrons. The standard InChI is InChI=1S/C16H22FNO5.H2S2/c1-11(2)23-15(20)18-16(3,14(19)21-4)9-12-5-7-13(8-6-12)22-10-17;1-2/h5-8,11H,9-10H2,1-4H3,(H,18,20);1-2H/t16-;/m1./s1. The van der Waals surface area contributed by atoms with Gasteiger partial charge < -0.3 is 19.5 Å². The molecular formula is C16H24FNO5S2. The minimum atomic E-state index is -1.29. The van der Waals surface area contributed by atoms with E-state index in [1.54, 1.807) is 45.0 Å². The van der Waals surface area contributed by atoms with Gasteiger partial charge in [0.1, 0.15) is 11.3 Å². The van der Waals surface area contributed by atoms with Crippen molar-refractivity contribution in [1.82, 2.24) is 5.32 Å². The fraction of sp³-hybridized carbons (Fsp3) is 0.500.